The van der Waals surface area contributed by atoms with Gasteiger partial charge in [-0.1, -0.05) is 28.1 Å². The first kappa shape index (κ1) is 13.1. The smallest absolute Gasteiger partial charge is 0.212 e. The zero-order valence-corrected chi connectivity index (χ0v) is 12.1. The Morgan fingerprint density at radius 1 is 1.35 bits per heavy atom. The number of benzene rings is 1. The topological polar surface area (TPSA) is 46.2 Å². The molecule has 1 aliphatic rings. The highest BCUT2D eigenvalue weighted by Crippen LogP contribution is 2.30. The molecule has 0 radical (unpaired) electrons. The molecule has 1 atom stereocenters. The predicted molar refractivity (Wildman–Crippen MR) is 72.2 cm³/mol. The first-order valence-corrected chi connectivity index (χ1v) is 8.16. The van der Waals surface area contributed by atoms with Crippen LogP contribution in [0.25, 0.3) is 0 Å². The molecular formula is C12H16BrNO2S. The number of nitrogens with one attached hydrogen (secondary N) is 1. The highest BCUT2D eigenvalue weighted by molar-refractivity contribution is 9.10. The van der Waals surface area contributed by atoms with Crippen LogP contribution in [0.5, 0.6) is 0 Å². The summed E-state index contributed by atoms with van der Waals surface area (Å²) in [7, 11) is -3.14. The first-order valence-electron chi connectivity index (χ1n) is 5.72. The van der Waals surface area contributed by atoms with Crippen LogP contribution in [0.2, 0.25) is 0 Å². The van der Waals surface area contributed by atoms with Crippen LogP contribution in [0.15, 0.2) is 28.7 Å². The fourth-order valence-electron chi connectivity index (χ4n) is 1.73. The van der Waals surface area contributed by atoms with Crippen LogP contribution >= 0.6 is 15.9 Å². The molecular weight excluding hydrogens is 302 g/mol. The highest BCUT2D eigenvalue weighted by atomic mass is 79.9. The Kier molecular flexibility index (Phi) is 3.90. The van der Waals surface area contributed by atoms with Crippen LogP contribution in [0.1, 0.15) is 31.4 Å². The summed E-state index contributed by atoms with van der Waals surface area (Å²) in [5, 5.41) is 0. The van der Waals surface area contributed by atoms with E-state index in [4.69, 9.17) is 0 Å². The summed E-state index contributed by atoms with van der Waals surface area (Å²) in [6.45, 7) is 1.87. The van der Waals surface area contributed by atoms with Gasteiger partial charge >= 0.3 is 0 Å². The zero-order chi connectivity index (χ0) is 12.5. The van der Waals surface area contributed by atoms with E-state index in [1.54, 1.807) is 0 Å². The van der Waals surface area contributed by atoms with E-state index in [2.05, 4.69) is 20.7 Å². The van der Waals surface area contributed by atoms with Gasteiger partial charge in [0.25, 0.3) is 0 Å². The Morgan fingerprint density at radius 3 is 2.47 bits per heavy atom. The Hall–Kier alpha value is -0.390. The van der Waals surface area contributed by atoms with Crippen molar-refractivity contribution in [2.24, 2.45) is 5.92 Å². The maximum atomic E-state index is 11.8. The standard InChI is InChI=1S/C12H16BrNO2S/c1-9(11-4-6-12(13)7-5-11)14-17(15,16)8-10-2-3-10/h4-7,9-10,14H,2-3,8H2,1H3. The molecule has 0 bridgehead atoms. The maximum absolute atomic E-state index is 11.8. The van der Waals surface area contributed by atoms with Gasteiger partial charge in [0.05, 0.1) is 5.75 Å². The normalized spacial score (nSPS) is 18.0. The van der Waals surface area contributed by atoms with E-state index in [1.165, 1.54) is 0 Å². The first-order chi connectivity index (χ1) is 7.96. The van der Waals surface area contributed by atoms with Crippen molar-refractivity contribution in [3.8, 4) is 0 Å². The maximum Gasteiger partial charge on any atom is 0.212 e. The Labute approximate surface area is 111 Å². The van der Waals surface area contributed by atoms with Gasteiger partial charge in [0, 0.05) is 10.5 Å². The third kappa shape index (κ3) is 4.08. The molecule has 5 heteroatoms. The molecule has 17 heavy (non-hydrogen) atoms. The van der Waals surface area contributed by atoms with Gasteiger partial charge in [0.15, 0.2) is 0 Å². The molecule has 1 aromatic carbocycles. The molecule has 3 nitrogen and oxygen atoms in total. The van der Waals surface area contributed by atoms with E-state index in [9.17, 15) is 8.42 Å². The van der Waals surface area contributed by atoms with Crippen LogP contribution in [0.3, 0.4) is 0 Å². The summed E-state index contributed by atoms with van der Waals surface area (Å²) in [4.78, 5) is 0. The molecule has 1 aliphatic carbocycles. The van der Waals surface area contributed by atoms with Crippen LogP contribution in [-0.4, -0.2) is 14.2 Å². The van der Waals surface area contributed by atoms with Gasteiger partial charge in [-0.3, -0.25) is 0 Å². The third-order valence-corrected chi connectivity index (χ3v) is 5.03. The summed E-state index contributed by atoms with van der Waals surface area (Å²) in [5.41, 5.74) is 0.979. The quantitative estimate of drug-likeness (QED) is 0.907. The molecule has 1 fully saturated rings. The van der Waals surface area contributed by atoms with E-state index in [0.717, 1.165) is 22.9 Å². The Balaban J connectivity index is 2.00. The van der Waals surface area contributed by atoms with Crippen molar-refractivity contribution >= 4 is 26.0 Å². The van der Waals surface area contributed by atoms with Crippen LogP contribution < -0.4 is 4.72 Å². The second-order valence-electron chi connectivity index (χ2n) is 4.62. The highest BCUT2D eigenvalue weighted by Gasteiger charge is 2.28. The van der Waals surface area contributed by atoms with Crippen molar-refractivity contribution in [2.75, 3.05) is 5.75 Å². The minimum atomic E-state index is -3.14. The van der Waals surface area contributed by atoms with Crippen molar-refractivity contribution in [2.45, 2.75) is 25.8 Å². The minimum Gasteiger partial charge on any atom is -0.212 e. The van der Waals surface area contributed by atoms with E-state index in [-0.39, 0.29) is 11.8 Å². The lowest BCUT2D eigenvalue weighted by Crippen LogP contribution is -2.29. The lowest BCUT2D eigenvalue weighted by atomic mass is 10.1. The zero-order valence-electron chi connectivity index (χ0n) is 9.69. The van der Waals surface area contributed by atoms with Gasteiger partial charge in [0.1, 0.15) is 0 Å². The molecule has 1 unspecified atom stereocenters. The van der Waals surface area contributed by atoms with Crippen molar-refractivity contribution in [1.82, 2.24) is 4.72 Å². The van der Waals surface area contributed by atoms with E-state index in [0.29, 0.717) is 5.92 Å². The summed E-state index contributed by atoms with van der Waals surface area (Å²) in [5.74, 6) is 0.651. The molecule has 0 saturated heterocycles. The number of rotatable bonds is 5. The minimum absolute atomic E-state index is 0.174. The van der Waals surface area contributed by atoms with Crippen LogP contribution in [0.4, 0.5) is 0 Å². The molecule has 1 saturated carbocycles. The van der Waals surface area contributed by atoms with Gasteiger partial charge in [-0.2, -0.15) is 0 Å². The largest absolute Gasteiger partial charge is 0.212 e. The van der Waals surface area contributed by atoms with Gasteiger partial charge < -0.3 is 0 Å². The average molecular weight is 318 g/mol. The van der Waals surface area contributed by atoms with Crippen molar-refractivity contribution in [1.29, 1.82) is 0 Å². The van der Waals surface area contributed by atoms with Crippen LogP contribution in [0, 0.1) is 5.92 Å². The molecule has 0 spiro atoms. The Bertz CT molecular complexity index is 480. The Morgan fingerprint density at radius 2 is 1.94 bits per heavy atom. The van der Waals surface area contributed by atoms with Crippen LogP contribution in [-0.2, 0) is 10.0 Å². The molecule has 94 valence electrons. The van der Waals surface area contributed by atoms with Crippen molar-refractivity contribution in [3.05, 3.63) is 34.3 Å². The van der Waals surface area contributed by atoms with Gasteiger partial charge in [-0.15, -0.1) is 0 Å². The molecule has 2 rings (SSSR count). The lowest BCUT2D eigenvalue weighted by molar-refractivity contribution is 0.563. The number of halogens is 1. The average Bonchev–Trinajstić information content (AvgIpc) is 3.00. The second kappa shape index (κ2) is 5.08. The SMILES string of the molecule is CC(NS(=O)(=O)CC1CC1)c1ccc(Br)cc1. The summed E-state index contributed by atoms with van der Waals surface area (Å²) >= 11 is 3.36. The number of hydrogen-bond donors (Lipinski definition) is 1. The molecule has 0 amide bonds. The van der Waals surface area contributed by atoms with Crippen molar-refractivity contribution < 1.29 is 8.42 Å². The molecule has 1 aromatic rings. The number of hydrogen-bond acceptors (Lipinski definition) is 2. The van der Waals surface area contributed by atoms with Gasteiger partial charge in [-0.05, 0) is 43.4 Å². The molecule has 0 aromatic heterocycles. The number of sulfonamides is 1. The fraction of sp³-hybridized carbons (Fsp3) is 0.500. The monoisotopic (exact) mass is 317 g/mol. The second-order valence-corrected chi connectivity index (χ2v) is 7.33. The molecule has 1 N–H and O–H groups in total. The van der Waals surface area contributed by atoms with Crippen molar-refractivity contribution in [3.63, 3.8) is 0 Å². The molecule has 0 heterocycles. The summed E-state index contributed by atoms with van der Waals surface area (Å²) < 4.78 is 27.3. The third-order valence-electron chi connectivity index (χ3n) is 2.88. The summed E-state index contributed by atoms with van der Waals surface area (Å²) in [6.07, 6.45) is 2.10. The molecule has 0 aliphatic heterocycles. The van der Waals surface area contributed by atoms with Gasteiger partial charge in [-0.25, -0.2) is 13.1 Å². The summed E-state index contributed by atoms with van der Waals surface area (Å²) in [6, 6.07) is 7.51. The van der Waals surface area contributed by atoms with Gasteiger partial charge in [0.2, 0.25) is 10.0 Å². The van der Waals surface area contributed by atoms with E-state index >= 15 is 0 Å². The predicted octanol–water partition coefficient (Wildman–Crippen LogP) is 2.84. The van der Waals surface area contributed by atoms with E-state index in [1.807, 2.05) is 31.2 Å². The van der Waals surface area contributed by atoms with E-state index < -0.39 is 10.0 Å². The fourth-order valence-corrected chi connectivity index (χ4v) is 3.72. The lowest BCUT2D eigenvalue weighted by Gasteiger charge is -2.14.